The minimum absolute atomic E-state index is 0.356. The van der Waals surface area contributed by atoms with Crippen molar-refractivity contribution < 1.29 is 9.50 Å². The molecule has 2 N–H and O–H groups in total. The van der Waals surface area contributed by atoms with E-state index < -0.39 is 5.82 Å². The molecule has 6 heteroatoms. The van der Waals surface area contributed by atoms with Crippen molar-refractivity contribution in [3.05, 3.63) is 65.9 Å². The highest BCUT2D eigenvalue weighted by atomic mass is 19.1. The monoisotopic (exact) mass is 310 g/mol. The van der Waals surface area contributed by atoms with Crippen LogP contribution in [0.4, 0.5) is 10.2 Å². The van der Waals surface area contributed by atoms with Gasteiger partial charge in [0.05, 0.1) is 0 Å². The number of anilines is 1. The second kappa shape index (κ2) is 6.39. The third-order valence-corrected chi connectivity index (χ3v) is 3.26. The molecule has 0 fully saturated rings. The van der Waals surface area contributed by atoms with Crippen LogP contribution in [0.2, 0.25) is 0 Å². The summed E-state index contributed by atoms with van der Waals surface area (Å²) in [5.41, 5.74) is 2.35. The van der Waals surface area contributed by atoms with Gasteiger partial charge in [-0.3, -0.25) is 4.98 Å². The largest absolute Gasteiger partial charge is 0.505 e. The number of pyridine rings is 1. The Kier molecular flexibility index (Phi) is 4.14. The van der Waals surface area contributed by atoms with Gasteiger partial charge in [0.1, 0.15) is 5.82 Å². The fourth-order valence-corrected chi connectivity index (χ4v) is 2.14. The van der Waals surface area contributed by atoms with Crippen molar-refractivity contribution in [2.45, 2.75) is 13.5 Å². The first kappa shape index (κ1) is 14.9. The highest BCUT2D eigenvalue weighted by Crippen LogP contribution is 2.19. The normalized spacial score (nSPS) is 10.5. The first-order chi connectivity index (χ1) is 11.1. The van der Waals surface area contributed by atoms with Crippen LogP contribution in [0.25, 0.3) is 11.4 Å². The van der Waals surface area contributed by atoms with Gasteiger partial charge in [0.15, 0.2) is 17.4 Å². The topological polar surface area (TPSA) is 70.9 Å². The number of aromatic hydroxyl groups is 1. The fraction of sp³-hybridized carbons (Fsp3) is 0.118. The average Bonchev–Trinajstić information content (AvgIpc) is 2.56. The molecule has 0 saturated carbocycles. The summed E-state index contributed by atoms with van der Waals surface area (Å²) in [6, 6.07) is 9.81. The number of aryl methyl sites for hydroxylation is 1. The summed E-state index contributed by atoms with van der Waals surface area (Å²) in [5.74, 6) is 0.229. The molecule has 0 amide bonds. The van der Waals surface area contributed by atoms with Gasteiger partial charge in [-0.25, -0.2) is 14.4 Å². The van der Waals surface area contributed by atoms with Crippen LogP contribution in [0.3, 0.4) is 0 Å². The predicted molar refractivity (Wildman–Crippen MR) is 85.4 cm³/mol. The molecule has 0 aliphatic rings. The molecule has 3 aromatic rings. The predicted octanol–water partition coefficient (Wildman–Crippen LogP) is 3.30. The molecule has 0 unspecified atom stereocenters. The van der Waals surface area contributed by atoms with E-state index in [2.05, 4.69) is 20.3 Å². The minimum atomic E-state index is -0.640. The fourth-order valence-electron chi connectivity index (χ4n) is 2.14. The molecule has 0 radical (unpaired) electrons. The Labute approximate surface area is 132 Å². The van der Waals surface area contributed by atoms with Gasteiger partial charge in [-0.1, -0.05) is 6.07 Å². The van der Waals surface area contributed by atoms with Crippen LogP contribution in [-0.4, -0.2) is 20.1 Å². The zero-order valence-electron chi connectivity index (χ0n) is 12.5. The Hall–Kier alpha value is -3.02. The molecule has 23 heavy (non-hydrogen) atoms. The molecule has 5 nitrogen and oxygen atoms in total. The molecule has 0 aliphatic heterocycles. The minimum Gasteiger partial charge on any atom is -0.505 e. The number of halogens is 1. The van der Waals surface area contributed by atoms with Gasteiger partial charge in [0.25, 0.3) is 0 Å². The molecule has 0 spiro atoms. The molecule has 0 atom stereocenters. The summed E-state index contributed by atoms with van der Waals surface area (Å²) in [4.78, 5) is 12.9. The lowest BCUT2D eigenvalue weighted by molar-refractivity contribution is 0.432. The second-order valence-electron chi connectivity index (χ2n) is 5.10. The first-order valence-electron chi connectivity index (χ1n) is 7.09. The van der Waals surface area contributed by atoms with Crippen LogP contribution in [-0.2, 0) is 6.54 Å². The van der Waals surface area contributed by atoms with E-state index in [-0.39, 0.29) is 5.75 Å². The lowest BCUT2D eigenvalue weighted by atomic mass is 10.2. The van der Waals surface area contributed by atoms with E-state index in [0.717, 1.165) is 11.3 Å². The lowest BCUT2D eigenvalue weighted by Gasteiger charge is -2.09. The highest BCUT2D eigenvalue weighted by molar-refractivity contribution is 5.56. The number of phenolic OH excluding ortho intramolecular Hbond substituents is 1. The standard InChI is InChI=1S/C17H15FN4O/c1-11-7-16(20-9-12-4-5-15(23)14(18)8-12)22-17(21-11)13-3-2-6-19-10-13/h2-8,10,23H,9H2,1H3,(H,20,21,22). The summed E-state index contributed by atoms with van der Waals surface area (Å²) in [6.07, 6.45) is 3.39. The second-order valence-corrected chi connectivity index (χ2v) is 5.10. The number of hydrogen-bond donors (Lipinski definition) is 2. The Morgan fingerprint density at radius 3 is 2.78 bits per heavy atom. The van der Waals surface area contributed by atoms with Crippen LogP contribution in [0.5, 0.6) is 5.75 Å². The van der Waals surface area contributed by atoms with E-state index in [1.807, 2.05) is 25.1 Å². The van der Waals surface area contributed by atoms with Gasteiger partial charge in [0, 0.05) is 36.3 Å². The molecule has 2 heterocycles. The maximum Gasteiger partial charge on any atom is 0.165 e. The molecule has 0 bridgehead atoms. The Balaban J connectivity index is 1.80. The highest BCUT2D eigenvalue weighted by Gasteiger charge is 2.06. The Morgan fingerprint density at radius 1 is 1.17 bits per heavy atom. The van der Waals surface area contributed by atoms with Gasteiger partial charge in [-0.15, -0.1) is 0 Å². The summed E-state index contributed by atoms with van der Waals surface area (Å²) < 4.78 is 13.3. The van der Waals surface area contributed by atoms with Gasteiger partial charge in [-0.05, 0) is 36.8 Å². The van der Waals surface area contributed by atoms with E-state index in [4.69, 9.17) is 0 Å². The smallest absolute Gasteiger partial charge is 0.165 e. The van der Waals surface area contributed by atoms with E-state index >= 15 is 0 Å². The number of rotatable bonds is 4. The van der Waals surface area contributed by atoms with Crippen molar-refractivity contribution in [2.24, 2.45) is 0 Å². The van der Waals surface area contributed by atoms with Crippen LogP contribution < -0.4 is 5.32 Å². The number of hydrogen-bond acceptors (Lipinski definition) is 5. The van der Waals surface area contributed by atoms with Crippen molar-refractivity contribution >= 4 is 5.82 Å². The van der Waals surface area contributed by atoms with E-state index in [0.29, 0.717) is 23.8 Å². The SMILES string of the molecule is Cc1cc(NCc2ccc(O)c(F)c2)nc(-c2cccnc2)n1. The van der Waals surface area contributed by atoms with Gasteiger partial charge < -0.3 is 10.4 Å². The van der Waals surface area contributed by atoms with Gasteiger partial charge >= 0.3 is 0 Å². The van der Waals surface area contributed by atoms with Crippen LogP contribution in [0.1, 0.15) is 11.3 Å². The lowest BCUT2D eigenvalue weighted by Crippen LogP contribution is -2.04. The quantitative estimate of drug-likeness (QED) is 0.773. The maximum absolute atomic E-state index is 13.3. The summed E-state index contributed by atoms with van der Waals surface area (Å²) in [7, 11) is 0. The molecular formula is C17H15FN4O. The van der Waals surface area contributed by atoms with E-state index in [1.54, 1.807) is 18.5 Å². The Bertz CT molecular complexity index is 824. The van der Waals surface area contributed by atoms with Crippen LogP contribution in [0, 0.1) is 12.7 Å². The van der Waals surface area contributed by atoms with Crippen molar-refractivity contribution in [1.82, 2.24) is 15.0 Å². The molecule has 3 rings (SSSR count). The molecule has 1 aromatic carbocycles. The van der Waals surface area contributed by atoms with Crippen molar-refractivity contribution in [2.75, 3.05) is 5.32 Å². The number of aromatic nitrogens is 3. The average molecular weight is 310 g/mol. The Morgan fingerprint density at radius 2 is 2.04 bits per heavy atom. The van der Waals surface area contributed by atoms with Crippen molar-refractivity contribution in [1.29, 1.82) is 0 Å². The van der Waals surface area contributed by atoms with E-state index in [1.165, 1.54) is 12.1 Å². The van der Waals surface area contributed by atoms with Crippen molar-refractivity contribution in [3.63, 3.8) is 0 Å². The molecule has 116 valence electrons. The third-order valence-electron chi connectivity index (χ3n) is 3.26. The van der Waals surface area contributed by atoms with E-state index in [9.17, 15) is 9.50 Å². The molecular weight excluding hydrogens is 295 g/mol. The summed E-state index contributed by atoms with van der Waals surface area (Å²) in [6.45, 7) is 2.27. The number of phenols is 1. The number of nitrogens with one attached hydrogen (secondary N) is 1. The van der Waals surface area contributed by atoms with Crippen LogP contribution >= 0.6 is 0 Å². The van der Waals surface area contributed by atoms with Gasteiger partial charge in [0.2, 0.25) is 0 Å². The van der Waals surface area contributed by atoms with Crippen LogP contribution in [0.15, 0.2) is 48.8 Å². The first-order valence-corrected chi connectivity index (χ1v) is 7.09. The maximum atomic E-state index is 13.3. The molecule has 2 aromatic heterocycles. The number of nitrogens with zero attached hydrogens (tertiary/aromatic N) is 3. The van der Waals surface area contributed by atoms with Gasteiger partial charge in [-0.2, -0.15) is 0 Å². The van der Waals surface area contributed by atoms with Crippen molar-refractivity contribution in [3.8, 4) is 17.1 Å². The zero-order valence-corrected chi connectivity index (χ0v) is 12.5. The molecule has 0 saturated heterocycles. The number of benzene rings is 1. The summed E-state index contributed by atoms with van der Waals surface area (Å²) in [5, 5.41) is 12.3. The zero-order chi connectivity index (χ0) is 16.2. The molecule has 0 aliphatic carbocycles. The third kappa shape index (κ3) is 3.60. The summed E-state index contributed by atoms with van der Waals surface area (Å²) >= 11 is 0.